The van der Waals surface area contributed by atoms with E-state index in [2.05, 4.69) is 6.92 Å². The third-order valence-corrected chi connectivity index (χ3v) is 4.75. The number of rotatable bonds is 2. The number of nitrogens with two attached hydrogens (primary N) is 2. The first-order valence-electron chi connectivity index (χ1n) is 7.34. The summed E-state index contributed by atoms with van der Waals surface area (Å²) >= 11 is 0. The summed E-state index contributed by atoms with van der Waals surface area (Å²) < 4.78 is 0. The lowest BCUT2D eigenvalue weighted by molar-refractivity contribution is -0.140. The van der Waals surface area contributed by atoms with Gasteiger partial charge in [0.15, 0.2) is 0 Å². The van der Waals surface area contributed by atoms with Crippen molar-refractivity contribution in [1.29, 1.82) is 0 Å². The maximum atomic E-state index is 12.6. The topological polar surface area (TPSA) is 89.4 Å². The standard InChI is InChI=1S/C14H25N3O2/c1-9-4-2-6-11(12(9)15)14(19)17-7-3-5-10(8-17)13(16)18/h9-12H,2-8,15H2,1H3,(H2,16,18). The van der Waals surface area contributed by atoms with Gasteiger partial charge in [0, 0.05) is 19.1 Å². The summed E-state index contributed by atoms with van der Waals surface area (Å²) in [5.41, 5.74) is 11.5. The van der Waals surface area contributed by atoms with Crippen LogP contribution in [0.25, 0.3) is 0 Å². The van der Waals surface area contributed by atoms with Gasteiger partial charge in [0.25, 0.3) is 0 Å². The number of primary amides is 1. The van der Waals surface area contributed by atoms with E-state index in [1.54, 1.807) is 0 Å². The van der Waals surface area contributed by atoms with Gasteiger partial charge in [-0.1, -0.05) is 13.3 Å². The Bertz CT molecular complexity index is 359. The molecule has 1 aliphatic heterocycles. The van der Waals surface area contributed by atoms with Crippen molar-refractivity contribution in [3.63, 3.8) is 0 Å². The van der Waals surface area contributed by atoms with Gasteiger partial charge >= 0.3 is 0 Å². The molecule has 1 saturated carbocycles. The van der Waals surface area contributed by atoms with Crippen LogP contribution in [0.1, 0.15) is 39.0 Å². The molecule has 19 heavy (non-hydrogen) atoms. The maximum absolute atomic E-state index is 12.6. The molecule has 0 aromatic heterocycles. The van der Waals surface area contributed by atoms with Gasteiger partial charge in [-0.3, -0.25) is 9.59 Å². The van der Waals surface area contributed by atoms with Gasteiger partial charge in [-0.2, -0.15) is 0 Å². The highest BCUT2D eigenvalue weighted by atomic mass is 16.2. The molecule has 0 aromatic rings. The Morgan fingerprint density at radius 1 is 1.16 bits per heavy atom. The molecular formula is C14H25N3O2. The van der Waals surface area contributed by atoms with E-state index in [1.165, 1.54) is 0 Å². The highest BCUT2D eigenvalue weighted by Gasteiger charge is 2.37. The monoisotopic (exact) mass is 267 g/mol. The molecule has 1 heterocycles. The van der Waals surface area contributed by atoms with Crippen LogP contribution in [0.2, 0.25) is 0 Å². The molecule has 0 radical (unpaired) electrons. The molecule has 0 aromatic carbocycles. The Morgan fingerprint density at radius 2 is 1.89 bits per heavy atom. The second-order valence-corrected chi connectivity index (χ2v) is 6.12. The molecule has 4 unspecified atom stereocenters. The normalized spacial score (nSPS) is 36.0. The molecule has 2 fully saturated rings. The minimum Gasteiger partial charge on any atom is -0.369 e. The van der Waals surface area contributed by atoms with Crippen LogP contribution in [0.3, 0.4) is 0 Å². The summed E-state index contributed by atoms with van der Waals surface area (Å²) in [5, 5.41) is 0. The van der Waals surface area contributed by atoms with Crippen LogP contribution in [0.5, 0.6) is 0 Å². The Labute approximate surface area is 114 Å². The second-order valence-electron chi connectivity index (χ2n) is 6.12. The molecule has 1 saturated heterocycles. The summed E-state index contributed by atoms with van der Waals surface area (Å²) in [6, 6.07) is -0.0461. The Balaban J connectivity index is 2.00. The van der Waals surface area contributed by atoms with Crippen LogP contribution in [-0.2, 0) is 9.59 Å². The summed E-state index contributed by atoms with van der Waals surface area (Å²) in [6.45, 7) is 3.33. The highest BCUT2D eigenvalue weighted by Crippen LogP contribution is 2.30. The van der Waals surface area contributed by atoms with E-state index >= 15 is 0 Å². The van der Waals surface area contributed by atoms with Crippen molar-refractivity contribution in [2.75, 3.05) is 13.1 Å². The molecule has 2 rings (SSSR count). The van der Waals surface area contributed by atoms with Gasteiger partial charge in [-0.25, -0.2) is 0 Å². The van der Waals surface area contributed by atoms with Crippen LogP contribution in [0.4, 0.5) is 0 Å². The highest BCUT2D eigenvalue weighted by molar-refractivity contribution is 5.82. The lowest BCUT2D eigenvalue weighted by Gasteiger charge is -2.38. The molecule has 0 spiro atoms. The Kier molecular flexibility index (Phi) is 4.45. The molecule has 5 nitrogen and oxygen atoms in total. The molecule has 108 valence electrons. The van der Waals surface area contributed by atoms with Crippen molar-refractivity contribution < 1.29 is 9.59 Å². The van der Waals surface area contributed by atoms with Crippen LogP contribution >= 0.6 is 0 Å². The van der Waals surface area contributed by atoms with Crippen molar-refractivity contribution in [3.8, 4) is 0 Å². The first kappa shape index (κ1) is 14.3. The van der Waals surface area contributed by atoms with E-state index < -0.39 is 0 Å². The third kappa shape index (κ3) is 3.08. The number of carbonyl (C=O) groups is 2. The van der Waals surface area contributed by atoms with Gasteiger partial charge in [0.1, 0.15) is 0 Å². The minimum absolute atomic E-state index is 0.0461. The van der Waals surface area contributed by atoms with Gasteiger partial charge in [-0.05, 0) is 31.6 Å². The van der Waals surface area contributed by atoms with Crippen molar-refractivity contribution in [3.05, 3.63) is 0 Å². The molecule has 5 heteroatoms. The summed E-state index contributed by atoms with van der Waals surface area (Å²) in [7, 11) is 0. The van der Waals surface area contributed by atoms with Gasteiger partial charge < -0.3 is 16.4 Å². The molecule has 0 bridgehead atoms. The summed E-state index contributed by atoms with van der Waals surface area (Å²) in [4.78, 5) is 25.7. The van der Waals surface area contributed by atoms with Crippen LogP contribution in [-0.4, -0.2) is 35.8 Å². The van der Waals surface area contributed by atoms with E-state index in [0.29, 0.717) is 12.5 Å². The third-order valence-electron chi connectivity index (χ3n) is 4.75. The zero-order valence-electron chi connectivity index (χ0n) is 11.7. The average Bonchev–Trinajstić information content (AvgIpc) is 2.41. The molecule has 4 atom stereocenters. The van der Waals surface area contributed by atoms with Crippen LogP contribution < -0.4 is 11.5 Å². The number of carbonyl (C=O) groups excluding carboxylic acids is 2. The quantitative estimate of drug-likeness (QED) is 0.762. The lowest BCUT2D eigenvalue weighted by Crippen LogP contribution is -2.52. The average molecular weight is 267 g/mol. The number of piperidine rings is 1. The van der Waals surface area contributed by atoms with Crippen LogP contribution in [0.15, 0.2) is 0 Å². The molecule has 2 amide bonds. The molecular weight excluding hydrogens is 242 g/mol. The summed E-state index contributed by atoms with van der Waals surface area (Å²) in [6.07, 6.45) is 4.71. The fourth-order valence-corrected chi connectivity index (χ4v) is 3.37. The fraction of sp³-hybridized carbons (Fsp3) is 0.857. The van der Waals surface area contributed by atoms with E-state index in [4.69, 9.17) is 11.5 Å². The predicted molar refractivity (Wildman–Crippen MR) is 73.0 cm³/mol. The van der Waals surface area contributed by atoms with Crippen molar-refractivity contribution >= 4 is 11.8 Å². The first-order chi connectivity index (χ1) is 9.00. The number of amides is 2. The van der Waals surface area contributed by atoms with E-state index in [-0.39, 0.29) is 29.7 Å². The molecule has 2 aliphatic rings. The fourth-order valence-electron chi connectivity index (χ4n) is 3.37. The van der Waals surface area contributed by atoms with Crippen molar-refractivity contribution in [2.45, 2.75) is 45.1 Å². The SMILES string of the molecule is CC1CCCC(C(=O)N2CCCC(C(N)=O)C2)C1N. The summed E-state index contributed by atoms with van der Waals surface area (Å²) in [5.74, 6) is -0.0199. The first-order valence-corrected chi connectivity index (χ1v) is 7.34. The number of nitrogens with zero attached hydrogens (tertiary/aromatic N) is 1. The minimum atomic E-state index is -0.293. The number of likely N-dealkylation sites (tertiary alicyclic amines) is 1. The van der Waals surface area contributed by atoms with E-state index in [9.17, 15) is 9.59 Å². The molecule has 1 aliphatic carbocycles. The Hall–Kier alpha value is -1.10. The lowest BCUT2D eigenvalue weighted by atomic mass is 9.77. The van der Waals surface area contributed by atoms with Crippen molar-refractivity contribution in [1.82, 2.24) is 4.90 Å². The number of hydrogen-bond acceptors (Lipinski definition) is 3. The second kappa shape index (κ2) is 5.90. The van der Waals surface area contributed by atoms with Gasteiger partial charge in [-0.15, -0.1) is 0 Å². The number of hydrogen-bond donors (Lipinski definition) is 2. The van der Waals surface area contributed by atoms with Gasteiger partial charge in [0.05, 0.1) is 11.8 Å². The van der Waals surface area contributed by atoms with E-state index in [0.717, 1.165) is 38.6 Å². The smallest absolute Gasteiger partial charge is 0.227 e. The Morgan fingerprint density at radius 3 is 2.58 bits per heavy atom. The zero-order chi connectivity index (χ0) is 14.0. The largest absolute Gasteiger partial charge is 0.369 e. The predicted octanol–water partition coefficient (Wildman–Crippen LogP) is 0.474. The zero-order valence-corrected chi connectivity index (χ0v) is 11.7. The van der Waals surface area contributed by atoms with Crippen LogP contribution in [0, 0.1) is 17.8 Å². The van der Waals surface area contributed by atoms with E-state index in [1.807, 2.05) is 4.90 Å². The molecule has 4 N–H and O–H groups in total. The maximum Gasteiger partial charge on any atom is 0.227 e. The van der Waals surface area contributed by atoms with Gasteiger partial charge in [0.2, 0.25) is 11.8 Å². The van der Waals surface area contributed by atoms with Crippen molar-refractivity contribution in [2.24, 2.45) is 29.2 Å².